The van der Waals surface area contributed by atoms with Crippen molar-refractivity contribution >= 4 is 47.3 Å². The van der Waals surface area contributed by atoms with Crippen molar-refractivity contribution in [3.63, 3.8) is 0 Å². The number of methoxy groups -OCH3 is 2. The van der Waals surface area contributed by atoms with E-state index in [2.05, 4.69) is 36.2 Å². The van der Waals surface area contributed by atoms with Gasteiger partial charge in [-0.2, -0.15) is 0 Å². The molecule has 3 fully saturated rings. The maximum absolute atomic E-state index is 14.6. The number of ketones is 2. The van der Waals surface area contributed by atoms with Crippen molar-refractivity contribution in [2.75, 3.05) is 20.8 Å². The van der Waals surface area contributed by atoms with Crippen LogP contribution in [0.2, 0.25) is 0 Å². The summed E-state index contributed by atoms with van der Waals surface area (Å²) in [5.74, 6) is -6.39. The number of hydrogen-bond acceptors (Lipinski definition) is 18. The molecule has 0 bridgehead atoms. The van der Waals surface area contributed by atoms with Gasteiger partial charge >= 0.3 is 18.0 Å². The van der Waals surface area contributed by atoms with Gasteiger partial charge in [-0.3, -0.25) is 38.9 Å². The Balaban J connectivity index is 0.000000211. The number of carboxylic acids is 2. The molecular formula is C73H85F2N9O15. The Morgan fingerprint density at radius 1 is 0.455 bits per heavy atom. The fraction of sp³-hybridized carbons (Fsp3) is 0.356. The molecule has 526 valence electrons. The molecule has 4 aromatic carbocycles. The Kier molecular flexibility index (Phi) is 29.9. The Labute approximate surface area is 572 Å². The van der Waals surface area contributed by atoms with Crippen LogP contribution in [-0.2, 0) is 4.74 Å². The summed E-state index contributed by atoms with van der Waals surface area (Å²) in [6, 6.07) is 25.7. The molecule has 0 radical (unpaired) electrons. The molecule has 6 atom stereocenters. The second kappa shape index (κ2) is 38.3. The highest BCUT2D eigenvalue weighted by Crippen LogP contribution is 2.33. The van der Waals surface area contributed by atoms with E-state index in [4.69, 9.17) is 40.6 Å². The fourth-order valence-corrected chi connectivity index (χ4v) is 10.8. The highest BCUT2D eigenvalue weighted by Gasteiger charge is 2.31. The van der Waals surface area contributed by atoms with Gasteiger partial charge < -0.3 is 67.0 Å². The van der Waals surface area contributed by atoms with Gasteiger partial charge in [-0.1, -0.05) is 62.8 Å². The van der Waals surface area contributed by atoms with Crippen molar-refractivity contribution in [1.82, 2.24) is 36.2 Å². The summed E-state index contributed by atoms with van der Waals surface area (Å²) in [6.07, 6.45) is 20.8. The number of ether oxygens (including phenoxy) is 4. The number of aromatic nitrogens is 3. The summed E-state index contributed by atoms with van der Waals surface area (Å²) in [5.41, 5.74) is 12.7. The van der Waals surface area contributed by atoms with Crippen LogP contribution in [0.4, 0.5) is 13.6 Å². The average molecular weight is 1370 g/mol. The number of carbonyl (C=O) groups excluding carboxylic acids is 6. The van der Waals surface area contributed by atoms with Gasteiger partial charge in [0.25, 0.3) is 17.7 Å². The number of pyridine rings is 3. The summed E-state index contributed by atoms with van der Waals surface area (Å²) >= 11 is 0. The minimum atomic E-state index is -1.11. The van der Waals surface area contributed by atoms with Crippen LogP contribution in [0.3, 0.4) is 0 Å². The van der Waals surface area contributed by atoms with E-state index in [-0.39, 0.29) is 112 Å². The van der Waals surface area contributed by atoms with E-state index in [1.165, 1.54) is 118 Å². The molecule has 10 rings (SSSR count). The number of nitrogens with two attached hydrogens (primary N) is 2. The normalized spacial score (nSPS) is 17.6. The van der Waals surface area contributed by atoms with Crippen LogP contribution < -0.4 is 46.9 Å². The van der Waals surface area contributed by atoms with Gasteiger partial charge in [0.15, 0.2) is 34.7 Å². The first-order valence-corrected chi connectivity index (χ1v) is 32.3. The Morgan fingerprint density at radius 2 is 0.778 bits per heavy atom. The number of carboxylic acid groups (broad SMARTS) is 2. The molecule has 4 amide bonds. The minimum Gasteiger partial charge on any atom is -0.507 e. The van der Waals surface area contributed by atoms with Crippen molar-refractivity contribution in [1.29, 1.82) is 0 Å². The van der Waals surface area contributed by atoms with E-state index < -0.39 is 52.1 Å². The summed E-state index contributed by atoms with van der Waals surface area (Å²) in [4.78, 5) is 107. The zero-order valence-electron chi connectivity index (χ0n) is 56.0. The second-order valence-electron chi connectivity index (χ2n) is 24.2. The molecule has 3 aliphatic rings. The first-order valence-electron chi connectivity index (χ1n) is 32.3. The van der Waals surface area contributed by atoms with Crippen molar-refractivity contribution in [3.05, 3.63) is 208 Å². The van der Waals surface area contributed by atoms with E-state index in [1.807, 2.05) is 20.8 Å². The lowest BCUT2D eigenvalue weighted by atomic mass is 9.89. The molecule has 99 heavy (non-hydrogen) atoms. The van der Waals surface area contributed by atoms with E-state index in [1.54, 1.807) is 56.0 Å². The quantitative estimate of drug-likeness (QED) is 0.0383. The Hall–Kier alpha value is -10.7. The average Bonchev–Trinajstić information content (AvgIpc) is 0.806. The Bertz CT molecular complexity index is 3830. The van der Waals surface area contributed by atoms with Crippen LogP contribution in [0.5, 0.6) is 23.0 Å². The van der Waals surface area contributed by atoms with Gasteiger partial charge in [0.05, 0.1) is 32.0 Å². The van der Waals surface area contributed by atoms with E-state index in [0.29, 0.717) is 16.7 Å². The maximum atomic E-state index is 14.6. The SMILES string of the molecule is CC(C)(C)OC(=O)N[C@@H]1CCCC[C@H]1N.CCOc1ccc(OC)c(F)c1C(=O)c1ccc(C(=O)O)cc1.COc1ccc(O)c(C(=O)c2ccc(C(=O)N[C@@H]3CCCC[C@H]3NC(=O)c3ccncc3)cc2)c1F.N[C@@H]1CCCC[C@H]1NC(=O)c1ccncc1.O=C(O)c1ccncc1. The molecule has 0 spiro atoms. The maximum Gasteiger partial charge on any atom is 0.407 e. The molecule has 11 N–H and O–H groups in total. The number of nitrogens with one attached hydrogen (secondary N) is 4. The van der Waals surface area contributed by atoms with Crippen LogP contribution >= 0.6 is 0 Å². The number of rotatable bonds is 17. The topological polar surface area (TPSA) is 373 Å². The van der Waals surface area contributed by atoms with Gasteiger partial charge in [0.1, 0.15) is 28.2 Å². The largest absolute Gasteiger partial charge is 0.507 e. The number of halogens is 2. The molecule has 0 saturated heterocycles. The molecular weight excluding hydrogens is 1280 g/mol. The first kappa shape index (κ1) is 77.3. The van der Waals surface area contributed by atoms with Gasteiger partial charge in [-0.25, -0.2) is 23.2 Å². The van der Waals surface area contributed by atoms with Crippen molar-refractivity contribution in [2.45, 2.75) is 147 Å². The molecule has 7 aromatic rings. The van der Waals surface area contributed by atoms with Crippen molar-refractivity contribution < 1.29 is 81.4 Å². The number of nitrogens with zero attached hydrogens (tertiary/aromatic N) is 3. The number of phenols is 1. The third-order valence-electron chi connectivity index (χ3n) is 16.0. The molecule has 0 unspecified atom stereocenters. The first-order chi connectivity index (χ1) is 47.3. The number of aromatic hydroxyl groups is 1. The van der Waals surface area contributed by atoms with Crippen LogP contribution in [0.25, 0.3) is 0 Å². The lowest BCUT2D eigenvalue weighted by molar-refractivity contribution is 0.0484. The standard InChI is InChI=1S/C27H26FN3O5.C17H15FO5.C12H17N3O.C11H22N2O2.C6H5NO2/c1-36-22-11-10-21(32)23(24(22)28)25(33)16-6-8-17(9-7-16)26(34)30-19-4-2-3-5-20(19)31-27(35)18-12-14-29-15-13-18;1-3-23-12-8-9-13(22-2)15(18)14(12)16(19)10-4-6-11(7-5-10)17(20)21;13-10-3-1-2-4-11(10)15-12(16)9-5-7-14-8-6-9;1-11(2,3)15-10(14)13-9-7-5-4-6-8(9)12;8-6(9)5-1-3-7-4-2-5/h6-15,19-20,32H,2-5H2,1H3,(H,30,34)(H,31,35);4-9H,3H2,1-2H3,(H,20,21);5-8,10-11H,1-4,13H2,(H,15,16);8-9H,4-7,12H2,1-3H3,(H,13,14);1-4H,(H,8,9)/t19-,20-;;10-,11-;8-,9-;/m1.11./s1. The smallest absolute Gasteiger partial charge is 0.407 e. The molecule has 0 aliphatic heterocycles. The summed E-state index contributed by atoms with van der Waals surface area (Å²) in [7, 11) is 2.56. The van der Waals surface area contributed by atoms with Crippen LogP contribution in [0, 0.1) is 11.6 Å². The van der Waals surface area contributed by atoms with E-state index >= 15 is 0 Å². The predicted molar refractivity (Wildman–Crippen MR) is 363 cm³/mol. The molecule has 3 saturated carbocycles. The minimum absolute atomic E-state index is 0.0395. The lowest BCUT2D eigenvalue weighted by Crippen LogP contribution is -2.53. The summed E-state index contributed by atoms with van der Waals surface area (Å²) in [6.45, 7) is 7.55. The predicted octanol–water partition coefficient (Wildman–Crippen LogP) is 10.4. The summed E-state index contributed by atoms with van der Waals surface area (Å²) < 4.78 is 49.3. The zero-order chi connectivity index (χ0) is 72.2. The molecule has 3 aromatic heterocycles. The number of aromatic carboxylic acids is 2. The van der Waals surface area contributed by atoms with E-state index in [9.17, 15) is 52.2 Å². The number of alkyl carbamates (subject to hydrolysis) is 1. The van der Waals surface area contributed by atoms with Crippen LogP contribution in [0.15, 0.2) is 146 Å². The zero-order valence-corrected chi connectivity index (χ0v) is 56.0. The number of hydrogen-bond donors (Lipinski definition) is 9. The van der Waals surface area contributed by atoms with Gasteiger partial charge in [-0.05, 0) is 151 Å². The lowest BCUT2D eigenvalue weighted by Gasteiger charge is -2.32. The molecule has 3 heterocycles. The van der Waals surface area contributed by atoms with Gasteiger partial charge in [0, 0.05) is 101 Å². The molecule has 26 heteroatoms. The fourth-order valence-electron chi connectivity index (χ4n) is 10.8. The molecule has 24 nitrogen and oxygen atoms in total. The van der Waals surface area contributed by atoms with Crippen LogP contribution in [0.1, 0.15) is 188 Å². The highest BCUT2D eigenvalue weighted by atomic mass is 19.1. The number of benzene rings is 4. The van der Waals surface area contributed by atoms with Crippen molar-refractivity contribution in [2.24, 2.45) is 11.5 Å². The summed E-state index contributed by atoms with van der Waals surface area (Å²) in [5, 5.41) is 39.1. The third-order valence-corrected chi connectivity index (χ3v) is 16.0. The van der Waals surface area contributed by atoms with Gasteiger partial charge in [-0.15, -0.1) is 0 Å². The highest BCUT2D eigenvalue weighted by molar-refractivity contribution is 6.12. The number of carbonyl (C=O) groups is 8. The van der Waals surface area contributed by atoms with Crippen LogP contribution in [-0.4, -0.2) is 140 Å². The molecule has 3 aliphatic carbocycles. The van der Waals surface area contributed by atoms with Crippen molar-refractivity contribution in [3.8, 4) is 23.0 Å². The monoisotopic (exact) mass is 1370 g/mol. The van der Waals surface area contributed by atoms with E-state index in [0.717, 1.165) is 70.6 Å². The Morgan fingerprint density at radius 3 is 1.17 bits per heavy atom. The number of amides is 4. The second-order valence-corrected chi connectivity index (χ2v) is 24.2. The van der Waals surface area contributed by atoms with Gasteiger partial charge in [0.2, 0.25) is 0 Å². The third kappa shape index (κ3) is 23.5. The number of phenolic OH excluding ortho intramolecular Hbond substituents is 1.